The lowest BCUT2D eigenvalue weighted by Gasteiger charge is -2.16. The molecule has 0 aromatic carbocycles. The van der Waals surface area contributed by atoms with E-state index in [1.807, 2.05) is 0 Å². The Hall–Kier alpha value is -1.71. The highest BCUT2D eigenvalue weighted by molar-refractivity contribution is 9.11. The Kier molecular flexibility index (Phi) is 5.91. The molecule has 0 unspecified atom stereocenters. The van der Waals surface area contributed by atoms with E-state index < -0.39 is 35.7 Å². The molecule has 126 valence electrons. The predicted molar refractivity (Wildman–Crippen MR) is 85.1 cm³/mol. The van der Waals surface area contributed by atoms with Gasteiger partial charge in [-0.1, -0.05) is 22.9 Å². The molecule has 0 radical (unpaired) electrons. The summed E-state index contributed by atoms with van der Waals surface area (Å²) in [5.41, 5.74) is -0.891. The molecule has 9 heteroatoms. The van der Waals surface area contributed by atoms with Crippen molar-refractivity contribution in [1.29, 1.82) is 0 Å². The van der Waals surface area contributed by atoms with Crippen LogP contribution in [0.15, 0.2) is 20.8 Å². The Morgan fingerprint density at radius 1 is 1.61 bits per heavy atom. The Morgan fingerprint density at radius 3 is 2.96 bits per heavy atom. The molecule has 8 nitrogen and oxygen atoms in total. The number of aromatic nitrogens is 2. The lowest BCUT2D eigenvalue weighted by Crippen LogP contribution is -2.33. The molecule has 1 fully saturated rings. The highest BCUT2D eigenvalue weighted by atomic mass is 79.9. The van der Waals surface area contributed by atoms with Gasteiger partial charge in [0, 0.05) is 19.0 Å². The van der Waals surface area contributed by atoms with Crippen molar-refractivity contribution in [3.63, 3.8) is 0 Å². The van der Waals surface area contributed by atoms with E-state index in [-0.39, 0.29) is 25.0 Å². The number of carbonyl (C=O) groups is 1. The van der Waals surface area contributed by atoms with Crippen molar-refractivity contribution in [2.45, 2.75) is 38.2 Å². The van der Waals surface area contributed by atoms with E-state index in [9.17, 15) is 19.5 Å². The first-order chi connectivity index (χ1) is 11.0. The minimum absolute atomic E-state index is 0.206. The van der Waals surface area contributed by atoms with Gasteiger partial charge in [0.05, 0.1) is 12.2 Å². The summed E-state index contributed by atoms with van der Waals surface area (Å²) in [5.74, 6) is -0.408. The molecule has 0 bridgehead atoms. The van der Waals surface area contributed by atoms with E-state index in [1.54, 1.807) is 6.92 Å². The van der Waals surface area contributed by atoms with Gasteiger partial charge in [-0.25, -0.2) is 4.79 Å². The summed E-state index contributed by atoms with van der Waals surface area (Å²) in [5, 5.41) is 9.36. The number of esters is 1. The van der Waals surface area contributed by atoms with Gasteiger partial charge in [0.15, 0.2) is 0 Å². The van der Waals surface area contributed by atoms with Gasteiger partial charge in [0.2, 0.25) is 0 Å². The largest absolute Gasteiger partial charge is 0.459 e. The second-order valence-electron chi connectivity index (χ2n) is 4.97. The third-order valence-electron chi connectivity index (χ3n) is 3.48. The number of hydrogen-bond acceptors (Lipinski definition) is 6. The third-order valence-corrected chi connectivity index (χ3v) is 3.74. The molecule has 1 aliphatic rings. The van der Waals surface area contributed by atoms with Gasteiger partial charge in [0.25, 0.3) is 5.56 Å². The maximum atomic E-state index is 12.0. The molecular weight excluding hydrogens is 372 g/mol. The number of H-pyrrole nitrogens is 1. The van der Waals surface area contributed by atoms with E-state index in [4.69, 9.17) is 9.47 Å². The minimum atomic E-state index is -0.742. The smallest absolute Gasteiger partial charge is 0.330 e. The summed E-state index contributed by atoms with van der Waals surface area (Å²) in [6.45, 7) is 1.32. The van der Waals surface area contributed by atoms with Crippen molar-refractivity contribution in [3.8, 4) is 0 Å². The van der Waals surface area contributed by atoms with Crippen molar-refractivity contribution in [2.24, 2.45) is 0 Å². The van der Waals surface area contributed by atoms with E-state index in [0.717, 1.165) is 0 Å². The molecule has 2 rings (SSSR count). The normalized spacial score (nSPS) is 24.2. The number of aromatic amines is 1. The van der Waals surface area contributed by atoms with Crippen LogP contribution in [0.5, 0.6) is 0 Å². The first kappa shape index (κ1) is 17.6. The van der Waals surface area contributed by atoms with Gasteiger partial charge in [0.1, 0.15) is 18.4 Å². The number of ether oxygens (including phenoxy) is 2. The first-order valence-electron chi connectivity index (χ1n) is 7.08. The summed E-state index contributed by atoms with van der Waals surface area (Å²) < 4.78 is 12.0. The van der Waals surface area contributed by atoms with Crippen LogP contribution >= 0.6 is 15.9 Å². The summed E-state index contributed by atoms with van der Waals surface area (Å²) in [6, 6.07) is 0. The number of carbonyl (C=O) groups excluding carboxylic acids is 1. The lowest BCUT2D eigenvalue weighted by atomic mass is 10.2. The Labute approximate surface area is 139 Å². The van der Waals surface area contributed by atoms with Gasteiger partial charge < -0.3 is 14.6 Å². The van der Waals surface area contributed by atoms with Crippen molar-refractivity contribution >= 4 is 28.0 Å². The van der Waals surface area contributed by atoms with E-state index in [0.29, 0.717) is 0 Å². The molecule has 3 atom stereocenters. The number of nitrogens with one attached hydrogen (secondary N) is 1. The second-order valence-corrected chi connectivity index (χ2v) is 5.50. The summed E-state index contributed by atoms with van der Waals surface area (Å²) in [6.07, 6.45) is 1.16. The van der Waals surface area contributed by atoms with Crippen LogP contribution in [0.4, 0.5) is 0 Å². The van der Waals surface area contributed by atoms with Gasteiger partial charge in [-0.3, -0.25) is 19.1 Å². The van der Waals surface area contributed by atoms with E-state index >= 15 is 0 Å². The maximum absolute atomic E-state index is 12.0. The number of aliphatic hydroxyl groups excluding tert-OH is 1. The average molecular weight is 389 g/mol. The summed E-state index contributed by atoms with van der Waals surface area (Å²) in [7, 11) is 0. The van der Waals surface area contributed by atoms with Crippen molar-refractivity contribution in [1.82, 2.24) is 9.55 Å². The zero-order chi connectivity index (χ0) is 17.0. The van der Waals surface area contributed by atoms with Crippen LogP contribution in [0.2, 0.25) is 0 Å². The Balaban J connectivity index is 2.29. The van der Waals surface area contributed by atoms with Crippen LogP contribution in [-0.2, 0) is 14.3 Å². The van der Waals surface area contributed by atoms with Crippen molar-refractivity contribution in [2.75, 3.05) is 6.61 Å². The monoisotopic (exact) mass is 388 g/mol. The zero-order valence-corrected chi connectivity index (χ0v) is 14.0. The molecular formula is C14H17BrN2O6. The molecule has 0 spiro atoms. The lowest BCUT2D eigenvalue weighted by molar-refractivity contribution is -0.152. The zero-order valence-electron chi connectivity index (χ0n) is 12.4. The molecule has 1 aliphatic heterocycles. The van der Waals surface area contributed by atoms with Crippen LogP contribution < -0.4 is 11.2 Å². The fourth-order valence-electron chi connectivity index (χ4n) is 2.31. The second kappa shape index (κ2) is 7.71. The SMILES string of the molecule is CCC(=O)O[C@H]1C[C@H](n2cc(/C=C/Br)c(=O)[nH]c2=O)O[C@@H]1CO. The van der Waals surface area contributed by atoms with Crippen LogP contribution in [0, 0.1) is 0 Å². The molecule has 2 N–H and O–H groups in total. The predicted octanol–water partition coefficient (Wildman–Crippen LogP) is 0.504. The van der Waals surface area contributed by atoms with Crippen LogP contribution in [0.1, 0.15) is 31.6 Å². The van der Waals surface area contributed by atoms with Crippen LogP contribution in [0.3, 0.4) is 0 Å². The van der Waals surface area contributed by atoms with Gasteiger partial charge in [-0.15, -0.1) is 0 Å². The van der Waals surface area contributed by atoms with Gasteiger partial charge >= 0.3 is 11.7 Å². The highest BCUT2D eigenvalue weighted by Gasteiger charge is 2.38. The number of aliphatic hydroxyl groups is 1. The number of hydrogen-bond donors (Lipinski definition) is 2. The Morgan fingerprint density at radius 2 is 2.35 bits per heavy atom. The molecule has 0 aliphatic carbocycles. The molecule has 1 aromatic rings. The molecule has 2 heterocycles. The maximum Gasteiger partial charge on any atom is 0.330 e. The number of halogens is 1. The highest BCUT2D eigenvalue weighted by Crippen LogP contribution is 2.30. The standard InChI is InChI=1S/C14H17BrN2O6/c1-2-12(19)23-9-5-11(22-10(9)7-18)17-6-8(3-4-15)13(20)16-14(17)21/h3-4,6,9-11,18H,2,5,7H2,1H3,(H,16,20,21)/b4-3+/t9-,10+,11+/m0/s1. The van der Waals surface area contributed by atoms with Gasteiger partial charge in [-0.05, 0) is 11.1 Å². The van der Waals surface area contributed by atoms with Gasteiger partial charge in [-0.2, -0.15) is 0 Å². The van der Waals surface area contributed by atoms with E-state index in [1.165, 1.54) is 21.8 Å². The summed E-state index contributed by atoms with van der Waals surface area (Å²) in [4.78, 5) is 38.8. The first-order valence-corrected chi connectivity index (χ1v) is 7.99. The van der Waals surface area contributed by atoms with Crippen LogP contribution in [-0.4, -0.2) is 39.4 Å². The third kappa shape index (κ3) is 3.98. The fraction of sp³-hybridized carbons (Fsp3) is 0.500. The van der Waals surface area contributed by atoms with Crippen LogP contribution in [0.25, 0.3) is 6.08 Å². The molecule has 1 saturated heterocycles. The van der Waals surface area contributed by atoms with E-state index in [2.05, 4.69) is 20.9 Å². The molecule has 1 aromatic heterocycles. The topological polar surface area (TPSA) is 111 Å². The van der Waals surface area contributed by atoms with Crippen molar-refractivity contribution < 1.29 is 19.4 Å². The molecule has 0 amide bonds. The number of nitrogens with zero attached hydrogens (tertiary/aromatic N) is 1. The van der Waals surface area contributed by atoms with Crippen molar-refractivity contribution in [3.05, 3.63) is 37.6 Å². The Bertz CT molecular complexity index is 710. The average Bonchev–Trinajstić information content (AvgIpc) is 2.92. The molecule has 0 saturated carbocycles. The summed E-state index contributed by atoms with van der Waals surface area (Å²) >= 11 is 3.07. The molecule has 23 heavy (non-hydrogen) atoms. The quantitative estimate of drug-likeness (QED) is 0.710. The number of rotatable bonds is 5. The minimum Gasteiger partial charge on any atom is -0.459 e. The fourth-order valence-corrected chi connectivity index (χ4v) is 2.60.